The summed E-state index contributed by atoms with van der Waals surface area (Å²) in [6, 6.07) is 0. The topological polar surface area (TPSA) is 9.23 Å². The number of rotatable bonds is 2. The van der Waals surface area contributed by atoms with Crippen molar-refractivity contribution in [2.45, 2.75) is 65.3 Å². The number of hydrogen-bond donors (Lipinski definition) is 0. The Balaban J connectivity index is 4.37. The molecule has 1 atom stereocenters. The van der Waals surface area contributed by atoms with E-state index >= 15 is 0 Å². The summed E-state index contributed by atoms with van der Waals surface area (Å²) in [6.07, 6.45) is 0.987. The third kappa shape index (κ3) is 4.30. The van der Waals surface area contributed by atoms with Crippen LogP contribution in [-0.2, 0) is 4.43 Å². The second-order valence-electron chi connectivity index (χ2n) is 5.20. The van der Waals surface area contributed by atoms with E-state index in [1.165, 1.54) is 0 Å². The predicted molar refractivity (Wildman–Crippen MR) is 65.8 cm³/mol. The molecule has 14 heavy (non-hydrogen) atoms. The molecule has 82 valence electrons. The van der Waals surface area contributed by atoms with E-state index in [0.717, 1.165) is 6.42 Å². The van der Waals surface area contributed by atoms with Crippen molar-refractivity contribution < 1.29 is 4.43 Å². The Labute approximate surface area is 90.4 Å². The van der Waals surface area contributed by atoms with Crippen LogP contribution in [0.15, 0.2) is 0 Å². The molecule has 0 amide bonds. The van der Waals surface area contributed by atoms with Gasteiger partial charge in [-0.1, -0.05) is 33.6 Å². The van der Waals surface area contributed by atoms with Gasteiger partial charge in [-0.3, -0.25) is 0 Å². The van der Waals surface area contributed by atoms with Crippen LogP contribution in [0.4, 0.5) is 0 Å². The zero-order valence-corrected chi connectivity index (χ0v) is 11.7. The van der Waals surface area contributed by atoms with E-state index in [0.29, 0.717) is 0 Å². The molecule has 0 saturated heterocycles. The van der Waals surface area contributed by atoms with Crippen molar-refractivity contribution in [1.29, 1.82) is 0 Å². The maximum atomic E-state index is 6.07. The van der Waals surface area contributed by atoms with Gasteiger partial charge in [0.2, 0.25) is 0 Å². The first-order valence-corrected chi connectivity index (χ1v) is 8.27. The molecule has 2 heteroatoms. The van der Waals surface area contributed by atoms with Gasteiger partial charge < -0.3 is 4.43 Å². The lowest BCUT2D eigenvalue weighted by molar-refractivity contribution is 0.251. The highest BCUT2D eigenvalue weighted by Crippen LogP contribution is 2.37. The summed E-state index contributed by atoms with van der Waals surface area (Å²) in [6.45, 7) is 15.4. The van der Waals surface area contributed by atoms with Crippen molar-refractivity contribution in [3.05, 3.63) is 0 Å². The van der Waals surface area contributed by atoms with E-state index in [9.17, 15) is 0 Å². The average molecular weight is 212 g/mol. The molecule has 0 aliphatic heterocycles. The fourth-order valence-electron chi connectivity index (χ4n) is 0.894. The standard InChI is InChI=1S/C12H24OSi/c1-8-9-10-11(2)13-14(6,7)12(3,4)5/h11H,8H2,1-7H3/t11-/m0/s1. The minimum atomic E-state index is -1.62. The zero-order valence-electron chi connectivity index (χ0n) is 10.7. The van der Waals surface area contributed by atoms with Gasteiger partial charge in [0.05, 0.1) is 0 Å². The van der Waals surface area contributed by atoms with E-state index in [1.807, 2.05) is 6.92 Å². The lowest BCUT2D eigenvalue weighted by Crippen LogP contribution is -2.43. The second kappa shape index (κ2) is 5.00. The molecule has 0 radical (unpaired) electrons. The van der Waals surface area contributed by atoms with Gasteiger partial charge in [0, 0.05) is 6.42 Å². The highest BCUT2D eigenvalue weighted by atomic mass is 28.4. The lowest BCUT2D eigenvalue weighted by atomic mass is 10.2. The molecule has 0 saturated carbocycles. The average Bonchev–Trinajstić information content (AvgIpc) is 1.97. The van der Waals surface area contributed by atoms with Crippen LogP contribution in [-0.4, -0.2) is 14.4 Å². The van der Waals surface area contributed by atoms with Gasteiger partial charge in [0.1, 0.15) is 6.10 Å². The van der Waals surface area contributed by atoms with E-state index in [4.69, 9.17) is 4.43 Å². The molecule has 0 aromatic heterocycles. The van der Waals surface area contributed by atoms with Gasteiger partial charge in [0.15, 0.2) is 8.32 Å². The highest BCUT2D eigenvalue weighted by Gasteiger charge is 2.38. The van der Waals surface area contributed by atoms with Gasteiger partial charge in [0.25, 0.3) is 0 Å². The SMILES string of the molecule is CCC#C[C@H](C)O[Si](C)(C)C(C)(C)C. The van der Waals surface area contributed by atoms with Crippen molar-refractivity contribution >= 4 is 8.32 Å². The lowest BCUT2D eigenvalue weighted by Gasteiger charge is -2.37. The van der Waals surface area contributed by atoms with E-state index in [2.05, 4.69) is 52.6 Å². The maximum Gasteiger partial charge on any atom is 0.193 e. The molecule has 0 heterocycles. The smallest absolute Gasteiger partial charge is 0.193 e. The van der Waals surface area contributed by atoms with Crippen molar-refractivity contribution in [2.75, 3.05) is 0 Å². The molecular weight excluding hydrogens is 188 g/mol. The first kappa shape index (κ1) is 13.7. The maximum absolute atomic E-state index is 6.07. The Kier molecular flexibility index (Phi) is 4.90. The largest absolute Gasteiger partial charge is 0.404 e. The van der Waals surface area contributed by atoms with Gasteiger partial charge >= 0.3 is 0 Å². The van der Waals surface area contributed by atoms with Crippen LogP contribution >= 0.6 is 0 Å². The molecule has 0 rings (SSSR count). The molecule has 0 bridgehead atoms. The fourth-order valence-corrected chi connectivity index (χ4v) is 2.19. The van der Waals surface area contributed by atoms with Crippen molar-refractivity contribution in [1.82, 2.24) is 0 Å². The Morgan fingerprint density at radius 2 is 1.79 bits per heavy atom. The van der Waals surface area contributed by atoms with Crippen LogP contribution in [0.2, 0.25) is 18.1 Å². The van der Waals surface area contributed by atoms with Gasteiger partial charge in [-0.2, -0.15) is 0 Å². The van der Waals surface area contributed by atoms with Crippen molar-refractivity contribution in [3.8, 4) is 11.8 Å². The van der Waals surface area contributed by atoms with Crippen LogP contribution in [0, 0.1) is 11.8 Å². The highest BCUT2D eigenvalue weighted by molar-refractivity contribution is 6.74. The van der Waals surface area contributed by atoms with E-state index in [-0.39, 0.29) is 11.1 Å². The molecule has 0 fully saturated rings. The van der Waals surface area contributed by atoms with Gasteiger partial charge in [-0.15, -0.1) is 5.92 Å². The monoisotopic (exact) mass is 212 g/mol. The molecule has 0 aliphatic rings. The Bertz CT molecular complexity index is 227. The van der Waals surface area contributed by atoms with Crippen LogP contribution in [0.5, 0.6) is 0 Å². The molecule has 0 spiro atoms. The molecular formula is C12H24OSi. The molecule has 0 aliphatic carbocycles. The summed E-state index contributed by atoms with van der Waals surface area (Å²) in [5, 5.41) is 0.273. The molecule has 0 aromatic rings. The first-order chi connectivity index (χ1) is 6.20. The third-order valence-electron chi connectivity index (χ3n) is 2.76. The minimum absolute atomic E-state index is 0.0795. The van der Waals surface area contributed by atoms with E-state index < -0.39 is 8.32 Å². The Morgan fingerprint density at radius 3 is 2.14 bits per heavy atom. The summed E-state index contributed by atoms with van der Waals surface area (Å²) in [5.74, 6) is 6.19. The number of hydrogen-bond acceptors (Lipinski definition) is 1. The fraction of sp³-hybridized carbons (Fsp3) is 0.833. The summed E-state index contributed by atoms with van der Waals surface area (Å²) in [7, 11) is -1.62. The summed E-state index contributed by atoms with van der Waals surface area (Å²) in [4.78, 5) is 0. The summed E-state index contributed by atoms with van der Waals surface area (Å²) < 4.78 is 6.07. The van der Waals surface area contributed by atoms with E-state index in [1.54, 1.807) is 0 Å². The molecule has 0 N–H and O–H groups in total. The van der Waals surface area contributed by atoms with Crippen LogP contribution in [0.25, 0.3) is 0 Å². The Hall–Kier alpha value is -0.263. The summed E-state index contributed by atoms with van der Waals surface area (Å²) >= 11 is 0. The predicted octanol–water partition coefficient (Wildman–Crippen LogP) is 3.81. The first-order valence-electron chi connectivity index (χ1n) is 5.37. The minimum Gasteiger partial charge on any atom is -0.404 e. The molecule has 0 unspecified atom stereocenters. The van der Waals surface area contributed by atoms with Crippen LogP contribution in [0.3, 0.4) is 0 Å². The molecule has 0 aromatic carbocycles. The van der Waals surface area contributed by atoms with Gasteiger partial charge in [-0.25, -0.2) is 0 Å². The third-order valence-corrected chi connectivity index (χ3v) is 7.31. The summed E-state index contributed by atoms with van der Waals surface area (Å²) in [5.41, 5.74) is 0. The quantitative estimate of drug-likeness (QED) is 0.499. The Morgan fingerprint density at radius 1 is 1.29 bits per heavy atom. The van der Waals surface area contributed by atoms with Crippen LogP contribution < -0.4 is 0 Å². The normalized spacial score (nSPS) is 14.5. The second-order valence-corrected chi connectivity index (χ2v) is 9.95. The molecule has 1 nitrogen and oxygen atoms in total. The van der Waals surface area contributed by atoms with Crippen LogP contribution in [0.1, 0.15) is 41.0 Å². The van der Waals surface area contributed by atoms with Gasteiger partial charge in [-0.05, 0) is 25.1 Å². The van der Waals surface area contributed by atoms with Crippen molar-refractivity contribution in [2.24, 2.45) is 0 Å². The van der Waals surface area contributed by atoms with Crippen molar-refractivity contribution in [3.63, 3.8) is 0 Å². The zero-order chi connectivity index (χ0) is 11.4.